The second-order valence-electron chi connectivity index (χ2n) is 5.98. The third-order valence-electron chi connectivity index (χ3n) is 2.90. The molecule has 0 amide bonds. The van der Waals surface area contributed by atoms with Gasteiger partial charge in [0.15, 0.2) is 0 Å². The molecule has 0 aliphatic heterocycles. The van der Waals surface area contributed by atoms with Gasteiger partial charge in [-0.05, 0) is 0 Å². The summed E-state index contributed by atoms with van der Waals surface area (Å²) in [5.74, 6) is 0.765. The van der Waals surface area contributed by atoms with Crippen LogP contribution in [-0.4, -0.2) is 53.9 Å². The Balaban J connectivity index is 2.69. The van der Waals surface area contributed by atoms with Crippen molar-refractivity contribution in [1.29, 1.82) is 0 Å². The summed E-state index contributed by atoms with van der Waals surface area (Å²) in [5, 5.41) is 0. The summed E-state index contributed by atoms with van der Waals surface area (Å²) in [5.41, 5.74) is 0. The number of nitrogens with zero attached hydrogens (tertiary/aromatic N) is 1. The van der Waals surface area contributed by atoms with Gasteiger partial charge in [0.25, 0.3) is 0 Å². The predicted octanol–water partition coefficient (Wildman–Crippen LogP) is 2.29. The molecule has 0 saturated carbocycles. The van der Waals surface area contributed by atoms with E-state index in [-0.39, 0.29) is 0 Å². The first kappa shape index (κ1) is 16.2. The standard InChI is InChI=1S/C11H16NOS.3CH3.Sn/c1-12(2)9-6-10-14(13)11-7-4-3-5-8-11;;;;/h3-4,7-8H,6,9-10H2,1-2H3;3*1H3;. The van der Waals surface area contributed by atoms with Gasteiger partial charge in [0.1, 0.15) is 0 Å². The summed E-state index contributed by atoms with van der Waals surface area (Å²) in [6.07, 6.45) is 0.989. The van der Waals surface area contributed by atoms with Gasteiger partial charge in [0, 0.05) is 0 Å². The van der Waals surface area contributed by atoms with E-state index in [1.165, 1.54) is 3.58 Å². The summed E-state index contributed by atoms with van der Waals surface area (Å²) in [6, 6.07) is 8.46. The van der Waals surface area contributed by atoms with Crippen LogP contribution in [0.5, 0.6) is 0 Å². The second kappa shape index (κ2) is 7.06. The molecular weight excluding hydrogens is 349 g/mol. The van der Waals surface area contributed by atoms with Crippen molar-refractivity contribution in [3.05, 3.63) is 24.3 Å². The van der Waals surface area contributed by atoms with E-state index in [4.69, 9.17) is 0 Å². The van der Waals surface area contributed by atoms with Gasteiger partial charge in [0.2, 0.25) is 0 Å². The Hall–Kier alpha value is 0.129. The SMILES string of the molecule is CN(C)CCCS(=O)c1ccc[c]([Sn]([CH3])([CH3])[CH3])c1. The topological polar surface area (TPSA) is 20.3 Å². The summed E-state index contributed by atoms with van der Waals surface area (Å²) in [6.45, 7) is 1.00. The first-order chi connectivity index (χ1) is 8.30. The zero-order valence-corrected chi connectivity index (χ0v) is 15.9. The number of benzene rings is 1. The molecule has 0 N–H and O–H groups in total. The second-order valence-corrected chi connectivity index (χ2v) is 22.0. The quantitative estimate of drug-likeness (QED) is 0.713. The summed E-state index contributed by atoms with van der Waals surface area (Å²) in [7, 11) is 3.27. The fourth-order valence-electron chi connectivity index (χ4n) is 1.73. The molecule has 0 heterocycles. The first-order valence-corrected chi connectivity index (χ1v) is 17.7. The van der Waals surface area contributed by atoms with Crippen LogP contribution in [0.25, 0.3) is 0 Å². The van der Waals surface area contributed by atoms with Crippen LogP contribution in [0.4, 0.5) is 0 Å². The van der Waals surface area contributed by atoms with Crippen LogP contribution in [0.2, 0.25) is 14.8 Å². The van der Waals surface area contributed by atoms with E-state index in [0.29, 0.717) is 0 Å². The van der Waals surface area contributed by atoms with Crippen molar-refractivity contribution in [2.24, 2.45) is 0 Å². The van der Waals surface area contributed by atoms with Crippen molar-refractivity contribution >= 4 is 32.8 Å². The van der Waals surface area contributed by atoms with E-state index >= 15 is 0 Å². The van der Waals surface area contributed by atoms with Gasteiger partial charge in [-0.2, -0.15) is 0 Å². The normalized spacial score (nSPS) is 13.9. The Morgan fingerprint density at radius 2 is 1.89 bits per heavy atom. The molecule has 0 bridgehead atoms. The summed E-state index contributed by atoms with van der Waals surface area (Å²) >= 11 is -2.03. The molecule has 2 nitrogen and oxygen atoms in total. The summed E-state index contributed by atoms with van der Waals surface area (Å²) in [4.78, 5) is 10.3. The Bertz CT molecular complexity index is 413. The van der Waals surface area contributed by atoms with E-state index in [2.05, 4.69) is 52.0 Å². The Morgan fingerprint density at radius 3 is 2.44 bits per heavy atom. The molecule has 1 rings (SSSR count). The average Bonchev–Trinajstić information content (AvgIpc) is 2.27. The molecule has 4 heteroatoms. The zero-order chi connectivity index (χ0) is 13.8. The molecule has 0 spiro atoms. The third kappa shape index (κ3) is 5.41. The van der Waals surface area contributed by atoms with Gasteiger partial charge in [-0.25, -0.2) is 0 Å². The molecule has 1 aromatic rings. The van der Waals surface area contributed by atoms with Gasteiger partial charge >= 0.3 is 119 Å². The van der Waals surface area contributed by atoms with Crippen molar-refractivity contribution in [3.8, 4) is 0 Å². The number of rotatable bonds is 6. The minimum atomic E-state index is -2.03. The molecule has 1 unspecified atom stereocenters. The van der Waals surface area contributed by atoms with Crippen molar-refractivity contribution in [2.45, 2.75) is 26.1 Å². The predicted molar refractivity (Wildman–Crippen MR) is 83.9 cm³/mol. The fourth-order valence-corrected chi connectivity index (χ4v) is 6.53. The maximum atomic E-state index is 12.2. The van der Waals surface area contributed by atoms with Crippen LogP contribution in [0, 0.1) is 0 Å². The van der Waals surface area contributed by atoms with E-state index in [0.717, 1.165) is 23.6 Å². The van der Waals surface area contributed by atoms with Crippen LogP contribution >= 0.6 is 0 Å². The van der Waals surface area contributed by atoms with Gasteiger partial charge in [-0.15, -0.1) is 0 Å². The molecule has 0 radical (unpaired) electrons. The fraction of sp³-hybridized carbons (Fsp3) is 0.571. The summed E-state index contributed by atoms with van der Waals surface area (Å²) < 4.78 is 13.7. The van der Waals surface area contributed by atoms with Crippen LogP contribution in [0.1, 0.15) is 6.42 Å². The molecule has 1 aromatic carbocycles. The average molecular weight is 374 g/mol. The van der Waals surface area contributed by atoms with Crippen LogP contribution in [0.3, 0.4) is 0 Å². The van der Waals surface area contributed by atoms with Gasteiger partial charge < -0.3 is 0 Å². The Morgan fingerprint density at radius 1 is 1.22 bits per heavy atom. The molecule has 0 aromatic heterocycles. The molecule has 0 fully saturated rings. The number of hydrogen-bond donors (Lipinski definition) is 0. The minimum absolute atomic E-state index is 0.765. The van der Waals surface area contributed by atoms with Gasteiger partial charge in [0.05, 0.1) is 0 Å². The molecule has 18 heavy (non-hydrogen) atoms. The van der Waals surface area contributed by atoms with Crippen molar-refractivity contribution in [2.75, 3.05) is 26.4 Å². The van der Waals surface area contributed by atoms with E-state index in [9.17, 15) is 4.21 Å². The van der Waals surface area contributed by atoms with Crippen molar-refractivity contribution in [3.63, 3.8) is 0 Å². The van der Waals surface area contributed by atoms with Crippen molar-refractivity contribution in [1.82, 2.24) is 4.90 Å². The first-order valence-electron chi connectivity index (χ1n) is 6.44. The third-order valence-corrected chi connectivity index (χ3v) is 10.2. The van der Waals surface area contributed by atoms with Crippen LogP contribution in [-0.2, 0) is 10.8 Å². The van der Waals surface area contributed by atoms with E-state index < -0.39 is 29.2 Å². The molecule has 0 saturated heterocycles. The molecule has 1 atom stereocenters. The maximum absolute atomic E-state index is 12.2. The van der Waals surface area contributed by atoms with Gasteiger partial charge in [-0.3, -0.25) is 0 Å². The zero-order valence-electron chi connectivity index (χ0n) is 12.2. The molecule has 0 aliphatic carbocycles. The van der Waals surface area contributed by atoms with E-state index in [1.54, 1.807) is 0 Å². The molecule has 102 valence electrons. The Kier molecular flexibility index (Phi) is 6.34. The van der Waals surface area contributed by atoms with E-state index in [1.807, 2.05) is 6.07 Å². The molecular formula is C14H25NOSSn. The van der Waals surface area contributed by atoms with Gasteiger partial charge in [-0.1, -0.05) is 0 Å². The molecule has 0 aliphatic rings. The number of hydrogen-bond acceptors (Lipinski definition) is 2. The van der Waals surface area contributed by atoms with Crippen molar-refractivity contribution < 1.29 is 4.21 Å². The monoisotopic (exact) mass is 375 g/mol. The van der Waals surface area contributed by atoms with Crippen LogP contribution < -0.4 is 3.58 Å². The van der Waals surface area contributed by atoms with Crippen LogP contribution in [0.15, 0.2) is 29.2 Å². The Labute approximate surface area is 118 Å².